The van der Waals surface area contributed by atoms with Crippen molar-refractivity contribution in [1.29, 1.82) is 0 Å². The molecule has 0 aliphatic carbocycles. The monoisotopic (exact) mass is 355 g/mol. The Labute approximate surface area is 142 Å². The number of hydrazone groups is 1. The fraction of sp³-hybridized carbons (Fsp3) is 0. The Morgan fingerprint density at radius 2 is 1.82 bits per heavy atom. The molecule has 0 saturated carbocycles. The van der Waals surface area contributed by atoms with E-state index in [0.29, 0.717) is 0 Å². The third-order valence-corrected chi connectivity index (χ3v) is 3.44. The zero-order valence-corrected chi connectivity index (χ0v) is 13.4. The minimum atomic E-state index is -0.382. The number of hydrogen-bond acceptors (Lipinski definition) is 4. The lowest BCUT2D eigenvalue weighted by molar-refractivity contribution is 0.450. The van der Waals surface area contributed by atoms with Gasteiger partial charge >= 0.3 is 0 Å². The van der Waals surface area contributed by atoms with Crippen molar-refractivity contribution in [1.82, 2.24) is 5.43 Å². The SMILES string of the molecule is Oc1c(Cl)cc(/C=N/NC(=S)Nc2ccccc2)c(O)c1Cl. The molecule has 0 bridgehead atoms. The van der Waals surface area contributed by atoms with Crippen LogP contribution in [-0.4, -0.2) is 21.5 Å². The lowest BCUT2D eigenvalue weighted by atomic mass is 10.2. The third kappa shape index (κ3) is 4.00. The Kier molecular flexibility index (Phi) is 5.43. The fourth-order valence-electron chi connectivity index (χ4n) is 1.56. The topological polar surface area (TPSA) is 76.9 Å². The number of phenolic OH excluding ortho intramolecular Hbond substituents is 2. The van der Waals surface area contributed by atoms with Crippen LogP contribution in [0.4, 0.5) is 5.69 Å². The van der Waals surface area contributed by atoms with Gasteiger partial charge in [-0.1, -0.05) is 41.4 Å². The van der Waals surface area contributed by atoms with E-state index in [2.05, 4.69) is 15.8 Å². The second-order valence-corrected chi connectivity index (χ2v) is 5.34. The van der Waals surface area contributed by atoms with Crippen molar-refractivity contribution >= 4 is 52.4 Å². The number of hydrogen-bond donors (Lipinski definition) is 4. The Morgan fingerprint density at radius 3 is 2.50 bits per heavy atom. The second kappa shape index (κ2) is 7.31. The quantitative estimate of drug-likeness (QED) is 0.383. The van der Waals surface area contributed by atoms with Crippen LogP contribution in [-0.2, 0) is 0 Å². The van der Waals surface area contributed by atoms with E-state index >= 15 is 0 Å². The van der Waals surface area contributed by atoms with Crippen molar-refractivity contribution < 1.29 is 10.2 Å². The average Bonchev–Trinajstić information content (AvgIpc) is 2.51. The van der Waals surface area contributed by atoms with Gasteiger partial charge in [-0.05, 0) is 30.4 Å². The highest BCUT2D eigenvalue weighted by Gasteiger charge is 2.13. The van der Waals surface area contributed by atoms with E-state index < -0.39 is 0 Å². The average molecular weight is 356 g/mol. The van der Waals surface area contributed by atoms with E-state index in [0.717, 1.165) is 5.69 Å². The number of halogens is 2. The van der Waals surface area contributed by atoms with Gasteiger partial charge in [-0.2, -0.15) is 5.10 Å². The van der Waals surface area contributed by atoms with Crippen molar-refractivity contribution in [2.75, 3.05) is 5.32 Å². The maximum atomic E-state index is 9.79. The zero-order chi connectivity index (χ0) is 16.1. The molecule has 0 atom stereocenters. The first kappa shape index (κ1) is 16.4. The molecule has 2 aromatic carbocycles. The molecule has 5 nitrogen and oxygen atoms in total. The predicted octanol–water partition coefficient (Wildman–Crippen LogP) is 3.73. The summed E-state index contributed by atoms with van der Waals surface area (Å²) in [6.07, 6.45) is 1.28. The second-order valence-electron chi connectivity index (χ2n) is 4.15. The highest BCUT2D eigenvalue weighted by Crippen LogP contribution is 2.40. The lowest BCUT2D eigenvalue weighted by Gasteiger charge is -2.07. The summed E-state index contributed by atoms with van der Waals surface area (Å²) < 4.78 is 0. The Bertz CT molecular complexity index is 724. The maximum absolute atomic E-state index is 9.79. The number of para-hydroxylation sites is 1. The van der Waals surface area contributed by atoms with E-state index in [1.807, 2.05) is 30.3 Å². The molecule has 0 spiro atoms. The van der Waals surface area contributed by atoms with Gasteiger partial charge in [-0.3, -0.25) is 5.43 Å². The van der Waals surface area contributed by atoms with Gasteiger partial charge in [0.1, 0.15) is 10.8 Å². The van der Waals surface area contributed by atoms with E-state index in [4.69, 9.17) is 35.4 Å². The Morgan fingerprint density at radius 1 is 1.14 bits per heavy atom. The summed E-state index contributed by atoms with van der Waals surface area (Å²) in [5, 5.41) is 26.1. The number of nitrogens with one attached hydrogen (secondary N) is 2. The van der Waals surface area contributed by atoms with Crippen LogP contribution in [0.15, 0.2) is 41.5 Å². The van der Waals surface area contributed by atoms with E-state index in [1.165, 1.54) is 12.3 Å². The molecule has 0 heterocycles. The van der Waals surface area contributed by atoms with Crippen molar-refractivity contribution in [2.24, 2.45) is 5.10 Å². The molecule has 0 unspecified atom stereocenters. The molecular weight excluding hydrogens is 345 g/mol. The van der Waals surface area contributed by atoms with Gasteiger partial charge in [0, 0.05) is 11.3 Å². The number of aromatic hydroxyl groups is 2. The first-order chi connectivity index (χ1) is 10.5. The van der Waals surface area contributed by atoms with Crippen LogP contribution >= 0.6 is 35.4 Å². The first-order valence-electron chi connectivity index (χ1n) is 6.04. The molecule has 22 heavy (non-hydrogen) atoms. The van der Waals surface area contributed by atoms with Gasteiger partial charge in [-0.25, -0.2) is 0 Å². The van der Waals surface area contributed by atoms with Gasteiger partial charge < -0.3 is 15.5 Å². The standard InChI is InChI=1S/C14H11Cl2N3O2S/c15-10-6-8(12(20)11(16)13(10)21)7-17-19-14(22)18-9-4-2-1-3-5-9/h1-7,20-21H,(H2,18,19,22)/b17-7+. The number of nitrogens with zero attached hydrogens (tertiary/aromatic N) is 1. The van der Waals surface area contributed by atoms with Crippen molar-refractivity contribution in [3.8, 4) is 11.5 Å². The Hall–Kier alpha value is -2.02. The zero-order valence-electron chi connectivity index (χ0n) is 11.0. The number of thiocarbonyl (C=S) groups is 1. The molecule has 4 N–H and O–H groups in total. The molecule has 0 aliphatic heterocycles. The van der Waals surface area contributed by atoms with Crippen LogP contribution in [0.3, 0.4) is 0 Å². The van der Waals surface area contributed by atoms with Gasteiger partial charge in [0.05, 0.1) is 11.2 Å². The smallest absolute Gasteiger partial charge is 0.191 e. The Balaban J connectivity index is 2.03. The van der Waals surface area contributed by atoms with E-state index in [1.54, 1.807) is 0 Å². The summed E-state index contributed by atoms with van der Waals surface area (Å²) in [5.41, 5.74) is 3.64. The number of anilines is 1. The highest BCUT2D eigenvalue weighted by atomic mass is 35.5. The van der Waals surface area contributed by atoms with Crippen LogP contribution < -0.4 is 10.7 Å². The molecule has 0 fully saturated rings. The summed E-state index contributed by atoms with van der Waals surface area (Å²) in [7, 11) is 0. The van der Waals surface area contributed by atoms with Crippen LogP contribution in [0.1, 0.15) is 5.56 Å². The highest BCUT2D eigenvalue weighted by molar-refractivity contribution is 7.80. The number of phenols is 2. The molecule has 0 radical (unpaired) electrons. The minimum Gasteiger partial charge on any atom is -0.506 e. The van der Waals surface area contributed by atoms with Crippen molar-refractivity contribution in [2.45, 2.75) is 0 Å². The normalized spacial score (nSPS) is 10.6. The number of benzene rings is 2. The molecule has 0 amide bonds. The molecule has 0 saturated heterocycles. The fourth-order valence-corrected chi connectivity index (χ4v) is 2.20. The molecule has 8 heteroatoms. The van der Waals surface area contributed by atoms with Crippen LogP contribution in [0, 0.1) is 0 Å². The summed E-state index contributed by atoms with van der Waals surface area (Å²) in [4.78, 5) is 0. The maximum Gasteiger partial charge on any atom is 0.191 e. The minimum absolute atomic E-state index is 0.00855. The molecular formula is C14H11Cl2N3O2S. The van der Waals surface area contributed by atoms with E-state index in [-0.39, 0.29) is 32.2 Å². The lowest BCUT2D eigenvalue weighted by Crippen LogP contribution is -2.23. The van der Waals surface area contributed by atoms with Crippen LogP contribution in [0.25, 0.3) is 0 Å². The van der Waals surface area contributed by atoms with E-state index in [9.17, 15) is 10.2 Å². The van der Waals surface area contributed by atoms with Crippen LogP contribution in [0.5, 0.6) is 11.5 Å². The molecule has 0 aromatic heterocycles. The van der Waals surface area contributed by atoms with Crippen molar-refractivity contribution in [3.63, 3.8) is 0 Å². The number of rotatable bonds is 3. The van der Waals surface area contributed by atoms with Gasteiger partial charge in [0.15, 0.2) is 10.9 Å². The molecule has 2 rings (SSSR count). The van der Waals surface area contributed by atoms with Gasteiger partial charge in [0.25, 0.3) is 0 Å². The predicted molar refractivity (Wildman–Crippen MR) is 93.2 cm³/mol. The first-order valence-corrected chi connectivity index (χ1v) is 7.20. The summed E-state index contributed by atoms with van der Waals surface area (Å²) >= 11 is 16.6. The molecule has 2 aromatic rings. The summed E-state index contributed by atoms with van der Waals surface area (Å²) in [6.45, 7) is 0. The summed E-state index contributed by atoms with van der Waals surface area (Å²) in [6, 6.07) is 10.7. The van der Waals surface area contributed by atoms with Crippen molar-refractivity contribution in [3.05, 3.63) is 52.0 Å². The van der Waals surface area contributed by atoms with Gasteiger partial charge in [0.2, 0.25) is 0 Å². The third-order valence-electron chi connectivity index (χ3n) is 2.60. The summed E-state index contributed by atoms with van der Waals surface area (Å²) in [5.74, 6) is -0.705. The largest absolute Gasteiger partial charge is 0.506 e. The van der Waals surface area contributed by atoms with Crippen LogP contribution in [0.2, 0.25) is 10.0 Å². The van der Waals surface area contributed by atoms with Gasteiger partial charge in [-0.15, -0.1) is 0 Å². The molecule has 114 valence electrons. The molecule has 0 aliphatic rings.